The summed E-state index contributed by atoms with van der Waals surface area (Å²) in [5, 5.41) is 10.1. The predicted octanol–water partition coefficient (Wildman–Crippen LogP) is 4.73. The second-order valence-electron chi connectivity index (χ2n) is 6.02. The highest BCUT2D eigenvalue weighted by atomic mass is 16.3. The minimum absolute atomic E-state index is 0.00953. The lowest BCUT2D eigenvalue weighted by Gasteiger charge is -2.22. The molecule has 0 atom stereocenters. The maximum atomic E-state index is 10.1. The molecule has 1 N–H and O–H groups in total. The lowest BCUT2D eigenvalue weighted by Crippen LogP contribution is -2.12. The van der Waals surface area contributed by atoms with Crippen LogP contribution in [0.3, 0.4) is 0 Å². The third kappa shape index (κ3) is 3.76. The number of aromatic hydroxyl groups is 1. The van der Waals surface area contributed by atoms with Crippen molar-refractivity contribution in [2.45, 2.75) is 65.7 Å². The maximum absolute atomic E-state index is 10.1. The zero-order valence-electron chi connectivity index (χ0n) is 11.9. The Morgan fingerprint density at radius 2 is 1.76 bits per heavy atom. The normalized spacial score (nSPS) is 11.8. The summed E-state index contributed by atoms with van der Waals surface area (Å²) in [6, 6.07) is 4.30. The smallest absolute Gasteiger partial charge is 0.122 e. The standard InChI is InChI=1S/C16H26O/c1-6-7-8-9-13-10-12(2)15(17)14(11-13)16(3,4)5/h10-11,17H,6-9H2,1-5H3. The van der Waals surface area contributed by atoms with Gasteiger partial charge in [-0.2, -0.15) is 0 Å². The first-order chi connectivity index (χ1) is 7.86. The average molecular weight is 234 g/mol. The summed E-state index contributed by atoms with van der Waals surface area (Å²) in [5.41, 5.74) is 3.45. The van der Waals surface area contributed by atoms with Gasteiger partial charge in [0.15, 0.2) is 0 Å². The van der Waals surface area contributed by atoms with Gasteiger partial charge in [0.2, 0.25) is 0 Å². The van der Waals surface area contributed by atoms with Gasteiger partial charge in [-0.3, -0.25) is 0 Å². The fourth-order valence-corrected chi connectivity index (χ4v) is 2.15. The van der Waals surface area contributed by atoms with E-state index in [9.17, 15) is 5.11 Å². The van der Waals surface area contributed by atoms with Crippen LogP contribution >= 0.6 is 0 Å². The summed E-state index contributed by atoms with van der Waals surface area (Å²) in [7, 11) is 0. The molecule has 1 aromatic carbocycles. The quantitative estimate of drug-likeness (QED) is 0.747. The highest BCUT2D eigenvalue weighted by Crippen LogP contribution is 2.34. The van der Waals surface area contributed by atoms with Crippen LogP contribution in [-0.4, -0.2) is 5.11 Å². The van der Waals surface area contributed by atoms with Crippen molar-refractivity contribution in [3.8, 4) is 5.75 Å². The topological polar surface area (TPSA) is 20.2 Å². The van der Waals surface area contributed by atoms with E-state index in [-0.39, 0.29) is 5.41 Å². The Bertz CT molecular complexity index is 372. The Morgan fingerprint density at radius 3 is 2.29 bits per heavy atom. The van der Waals surface area contributed by atoms with Crippen molar-refractivity contribution in [1.29, 1.82) is 0 Å². The highest BCUT2D eigenvalue weighted by molar-refractivity contribution is 5.46. The fraction of sp³-hybridized carbons (Fsp3) is 0.625. The Balaban J connectivity index is 2.98. The molecule has 0 fully saturated rings. The summed E-state index contributed by atoms with van der Waals surface area (Å²) >= 11 is 0. The van der Waals surface area contributed by atoms with Crippen LogP contribution < -0.4 is 0 Å². The molecule has 1 rings (SSSR count). The van der Waals surface area contributed by atoms with Gasteiger partial charge < -0.3 is 5.11 Å². The molecule has 0 heterocycles. The molecule has 0 unspecified atom stereocenters. The van der Waals surface area contributed by atoms with E-state index < -0.39 is 0 Å². The summed E-state index contributed by atoms with van der Waals surface area (Å²) < 4.78 is 0. The van der Waals surface area contributed by atoms with Crippen LogP contribution in [0.1, 0.15) is 63.6 Å². The van der Waals surface area contributed by atoms with E-state index in [4.69, 9.17) is 0 Å². The number of hydrogen-bond acceptors (Lipinski definition) is 1. The van der Waals surface area contributed by atoms with E-state index in [1.165, 1.54) is 24.8 Å². The minimum Gasteiger partial charge on any atom is -0.507 e. The van der Waals surface area contributed by atoms with E-state index >= 15 is 0 Å². The molecular formula is C16H26O. The summed E-state index contributed by atoms with van der Waals surface area (Å²) in [6.07, 6.45) is 4.90. The van der Waals surface area contributed by atoms with Crippen LogP contribution in [0, 0.1) is 6.92 Å². The van der Waals surface area contributed by atoms with Gasteiger partial charge in [-0.15, -0.1) is 0 Å². The molecule has 0 aliphatic carbocycles. The molecule has 0 aliphatic heterocycles. The number of unbranched alkanes of at least 4 members (excludes halogenated alkanes) is 2. The number of benzene rings is 1. The van der Waals surface area contributed by atoms with Crippen molar-refractivity contribution in [3.63, 3.8) is 0 Å². The number of rotatable bonds is 4. The number of phenols is 1. The van der Waals surface area contributed by atoms with Gasteiger partial charge in [0.05, 0.1) is 0 Å². The second-order valence-corrected chi connectivity index (χ2v) is 6.02. The molecule has 17 heavy (non-hydrogen) atoms. The van der Waals surface area contributed by atoms with Crippen LogP contribution in [0.5, 0.6) is 5.75 Å². The van der Waals surface area contributed by atoms with Gasteiger partial charge in [0, 0.05) is 0 Å². The van der Waals surface area contributed by atoms with Gasteiger partial charge in [-0.1, -0.05) is 52.7 Å². The first kappa shape index (κ1) is 14.1. The lowest BCUT2D eigenvalue weighted by atomic mass is 9.83. The Hall–Kier alpha value is -0.980. The maximum Gasteiger partial charge on any atom is 0.122 e. The number of phenolic OH excluding ortho intramolecular Hbond substituents is 1. The molecule has 0 aliphatic rings. The van der Waals surface area contributed by atoms with E-state index in [2.05, 4.69) is 39.8 Å². The molecule has 1 aromatic rings. The summed E-state index contributed by atoms with van der Waals surface area (Å²) in [5.74, 6) is 0.469. The van der Waals surface area contributed by atoms with Crippen molar-refractivity contribution in [1.82, 2.24) is 0 Å². The Labute approximate surface area is 106 Å². The number of aryl methyl sites for hydroxylation is 2. The molecular weight excluding hydrogens is 208 g/mol. The highest BCUT2D eigenvalue weighted by Gasteiger charge is 2.19. The monoisotopic (exact) mass is 234 g/mol. The molecule has 0 spiro atoms. The van der Waals surface area contributed by atoms with Gasteiger partial charge in [0.1, 0.15) is 5.75 Å². The predicted molar refractivity (Wildman–Crippen MR) is 74.8 cm³/mol. The van der Waals surface area contributed by atoms with Crippen LogP contribution in [0.25, 0.3) is 0 Å². The largest absolute Gasteiger partial charge is 0.507 e. The van der Waals surface area contributed by atoms with Gasteiger partial charge in [-0.05, 0) is 41.9 Å². The minimum atomic E-state index is 0.00953. The van der Waals surface area contributed by atoms with Crippen LogP contribution in [0.4, 0.5) is 0 Å². The Kier molecular flexibility index (Phi) is 4.62. The van der Waals surface area contributed by atoms with Crippen molar-refractivity contribution in [2.75, 3.05) is 0 Å². The van der Waals surface area contributed by atoms with Gasteiger partial charge >= 0.3 is 0 Å². The summed E-state index contributed by atoms with van der Waals surface area (Å²) in [6.45, 7) is 10.7. The molecule has 0 radical (unpaired) electrons. The van der Waals surface area contributed by atoms with Crippen LogP contribution in [-0.2, 0) is 11.8 Å². The van der Waals surface area contributed by atoms with Gasteiger partial charge in [0.25, 0.3) is 0 Å². The van der Waals surface area contributed by atoms with Gasteiger partial charge in [-0.25, -0.2) is 0 Å². The third-order valence-electron chi connectivity index (χ3n) is 3.24. The lowest BCUT2D eigenvalue weighted by molar-refractivity contribution is 0.442. The molecule has 0 saturated carbocycles. The zero-order valence-corrected chi connectivity index (χ0v) is 11.9. The van der Waals surface area contributed by atoms with Crippen molar-refractivity contribution in [3.05, 3.63) is 28.8 Å². The van der Waals surface area contributed by atoms with E-state index in [1.807, 2.05) is 6.92 Å². The van der Waals surface area contributed by atoms with Crippen molar-refractivity contribution >= 4 is 0 Å². The average Bonchev–Trinajstić information content (AvgIpc) is 2.21. The first-order valence-corrected chi connectivity index (χ1v) is 6.69. The fourth-order valence-electron chi connectivity index (χ4n) is 2.15. The molecule has 1 nitrogen and oxygen atoms in total. The molecule has 0 saturated heterocycles. The molecule has 0 aromatic heterocycles. The molecule has 0 bridgehead atoms. The Morgan fingerprint density at radius 1 is 1.12 bits per heavy atom. The second kappa shape index (κ2) is 5.57. The molecule has 0 amide bonds. The van der Waals surface area contributed by atoms with E-state index in [0.717, 1.165) is 17.5 Å². The third-order valence-corrected chi connectivity index (χ3v) is 3.24. The molecule has 1 heteroatoms. The van der Waals surface area contributed by atoms with Crippen LogP contribution in [0.15, 0.2) is 12.1 Å². The molecule has 96 valence electrons. The van der Waals surface area contributed by atoms with E-state index in [1.54, 1.807) is 0 Å². The zero-order chi connectivity index (χ0) is 13.1. The number of hydrogen-bond donors (Lipinski definition) is 1. The summed E-state index contributed by atoms with van der Waals surface area (Å²) in [4.78, 5) is 0. The first-order valence-electron chi connectivity index (χ1n) is 6.69. The van der Waals surface area contributed by atoms with Crippen molar-refractivity contribution in [2.24, 2.45) is 0 Å². The van der Waals surface area contributed by atoms with Crippen LogP contribution in [0.2, 0.25) is 0 Å². The van der Waals surface area contributed by atoms with E-state index in [0.29, 0.717) is 5.75 Å². The van der Waals surface area contributed by atoms with Crippen molar-refractivity contribution < 1.29 is 5.11 Å². The SMILES string of the molecule is CCCCCc1cc(C)c(O)c(C(C)(C)C)c1.